The first-order chi connectivity index (χ1) is 17.8. The Morgan fingerprint density at radius 1 is 1.27 bits per heavy atom. The van der Waals surface area contributed by atoms with Gasteiger partial charge >= 0.3 is 0 Å². The molecule has 5 rings (SSSR count). The van der Waals surface area contributed by atoms with E-state index >= 15 is 0 Å². The number of aromatic nitrogens is 4. The Hall–Kier alpha value is -2.72. The van der Waals surface area contributed by atoms with E-state index in [9.17, 15) is 14.0 Å². The van der Waals surface area contributed by atoms with E-state index in [-0.39, 0.29) is 24.1 Å². The van der Waals surface area contributed by atoms with E-state index in [1.165, 1.54) is 18.1 Å². The van der Waals surface area contributed by atoms with Gasteiger partial charge in [0.05, 0.1) is 10.9 Å². The Bertz CT molecular complexity index is 1360. The highest BCUT2D eigenvalue weighted by Crippen LogP contribution is 2.39. The van der Waals surface area contributed by atoms with Gasteiger partial charge in [0.1, 0.15) is 18.1 Å². The lowest BCUT2D eigenvalue weighted by molar-refractivity contribution is 0.00541. The summed E-state index contributed by atoms with van der Waals surface area (Å²) in [5, 5.41) is 3.69. The van der Waals surface area contributed by atoms with Crippen molar-refractivity contribution in [3.05, 3.63) is 51.5 Å². The average Bonchev–Trinajstić information content (AvgIpc) is 3.17. The van der Waals surface area contributed by atoms with Crippen molar-refractivity contribution in [2.24, 2.45) is 5.92 Å². The summed E-state index contributed by atoms with van der Waals surface area (Å²) < 4.78 is 15.5. The van der Waals surface area contributed by atoms with E-state index in [1.54, 1.807) is 6.20 Å². The van der Waals surface area contributed by atoms with Crippen LogP contribution in [0.2, 0.25) is 0 Å². The van der Waals surface area contributed by atoms with Gasteiger partial charge in [0.25, 0.3) is 11.5 Å². The number of rotatable bonds is 7. The van der Waals surface area contributed by atoms with Crippen molar-refractivity contribution < 1.29 is 9.18 Å². The van der Waals surface area contributed by atoms with Gasteiger partial charge < -0.3 is 14.9 Å². The molecule has 1 saturated carbocycles. The molecular formula is C27H35FN6O2S. The molecule has 0 spiro atoms. The number of nitrogens with zero attached hydrogens (tertiary/aromatic N) is 4. The lowest BCUT2D eigenvalue weighted by atomic mass is 9.80. The van der Waals surface area contributed by atoms with Crippen LogP contribution in [0, 0.1) is 19.8 Å². The molecule has 2 N–H and O–H groups in total. The highest BCUT2D eigenvalue weighted by molar-refractivity contribution is 7.98. The second-order valence-corrected chi connectivity index (χ2v) is 11.3. The Morgan fingerprint density at radius 2 is 2.00 bits per heavy atom. The fraction of sp³-hybridized carbons (Fsp3) is 0.556. The number of alkyl halides is 1. The number of aromatic amines is 1. The summed E-state index contributed by atoms with van der Waals surface area (Å²) in [6.45, 7) is 7.31. The zero-order chi connectivity index (χ0) is 26.3. The Labute approximate surface area is 220 Å². The van der Waals surface area contributed by atoms with Crippen molar-refractivity contribution in [2.75, 3.05) is 19.3 Å². The molecule has 2 aliphatic rings. The number of aryl methyl sites for hydroxylation is 1. The summed E-state index contributed by atoms with van der Waals surface area (Å²) >= 11 is 1.49. The van der Waals surface area contributed by atoms with Gasteiger partial charge in [-0.1, -0.05) is 0 Å². The molecule has 1 saturated heterocycles. The van der Waals surface area contributed by atoms with Gasteiger partial charge in [-0.2, -0.15) is 0 Å². The zero-order valence-electron chi connectivity index (χ0n) is 21.9. The summed E-state index contributed by atoms with van der Waals surface area (Å²) in [5.41, 5.74) is 3.33. The number of amides is 1. The highest BCUT2D eigenvalue weighted by atomic mass is 32.2. The Morgan fingerprint density at radius 3 is 2.68 bits per heavy atom. The zero-order valence-corrected chi connectivity index (χ0v) is 22.7. The second kappa shape index (κ2) is 10.6. The maximum Gasteiger partial charge on any atom is 0.254 e. The molecule has 0 aromatic carbocycles. The van der Waals surface area contributed by atoms with Gasteiger partial charge in [-0.05, 0) is 64.7 Å². The van der Waals surface area contributed by atoms with Crippen LogP contribution in [0.4, 0.5) is 4.39 Å². The smallest absolute Gasteiger partial charge is 0.254 e. The number of fused-ring (bicyclic) bond motifs is 1. The van der Waals surface area contributed by atoms with Gasteiger partial charge in [0, 0.05) is 59.8 Å². The standard InChI is InChI=1S/C27H35FN6O2S/c1-15-9-23(37-4)21(26(35)32-15)11-30-27(36)24-17(3)34(25-22(24)10-29-14-31-25)16(2)18-5-7-20(8-6-18)33-12-19(28)13-33/h9-10,14,16,18-20H,5-8,11-13H2,1-4H3,(H,30,36)(H,32,35)/t16-,18?,20?/m1/s1. The van der Waals surface area contributed by atoms with Crippen LogP contribution >= 0.6 is 11.8 Å². The van der Waals surface area contributed by atoms with Gasteiger partial charge in [0.15, 0.2) is 0 Å². The topological polar surface area (TPSA) is 95.9 Å². The number of carbonyl (C=O) groups is 1. The van der Waals surface area contributed by atoms with Crippen LogP contribution in [0.5, 0.6) is 0 Å². The molecule has 1 amide bonds. The molecule has 10 heteroatoms. The SMILES string of the molecule is CSc1cc(C)[nH]c(=O)c1CNC(=O)c1c(C)n([C@H](C)C2CCC(N3CC(F)C3)CC2)c2ncncc12. The van der Waals surface area contributed by atoms with E-state index in [1.807, 2.05) is 26.2 Å². The Balaban J connectivity index is 1.37. The summed E-state index contributed by atoms with van der Waals surface area (Å²) in [6, 6.07) is 2.57. The number of hydrogen-bond acceptors (Lipinski definition) is 6. The monoisotopic (exact) mass is 526 g/mol. The second-order valence-electron chi connectivity index (χ2n) is 10.5. The molecule has 1 atom stereocenters. The Kier molecular flexibility index (Phi) is 7.40. The van der Waals surface area contributed by atoms with Gasteiger partial charge in [-0.25, -0.2) is 14.4 Å². The van der Waals surface area contributed by atoms with Crippen molar-refractivity contribution in [3.8, 4) is 0 Å². The van der Waals surface area contributed by atoms with Crippen molar-refractivity contribution >= 4 is 28.7 Å². The van der Waals surface area contributed by atoms with Crippen LogP contribution in [-0.2, 0) is 6.54 Å². The van der Waals surface area contributed by atoms with E-state index < -0.39 is 6.17 Å². The van der Waals surface area contributed by atoms with Crippen LogP contribution in [0.15, 0.2) is 28.3 Å². The molecule has 0 radical (unpaired) electrons. The van der Waals surface area contributed by atoms with Crippen LogP contribution in [0.1, 0.15) is 66.0 Å². The van der Waals surface area contributed by atoms with Crippen LogP contribution in [0.3, 0.4) is 0 Å². The average molecular weight is 527 g/mol. The number of pyridine rings is 1. The number of halogens is 1. The lowest BCUT2D eigenvalue weighted by Gasteiger charge is -2.44. The van der Waals surface area contributed by atoms with E-state index in [4.69, 9.17) is 0 Å². The number of nitrogens with one attached hydrogen (secondary N) is 2. The quantitative estimate of drug-likeness (QED) is 0.449. The fourth-order valence-electron chi connectivity index (χ4n) is 6.16. The van der Waals surface area contributed by atoms with Crippen molar-refractivity contribution in [1.82, 2.24) is 29.7 Å². The minimum Gasteiger partial charge on any atom is -0.348 e. The molecule has 4 heterocycles. The molecule has 198 valence electrons. The van der Waals surface area contributed by atoms with E-state index in [0.717, 1.165) is 53.0 Å². The largest absolute Gasteiger partial charge is 0.348 e. The molecule has 0 unspecified atom stereocenters. The number of carbonyl (C=O) groups excluding carboxylic acids is 1. The van der Waals surface area contributed by atoms with Crippen molar-refractivity contribution in [3.63, 3.8) is 0 Å². The number of thioether (sulfide) groups is 1. The van der Waals surface area contributed by atoms with Crippen LogP contribution in [0.25, 0.3) is 11.0 Å². The minimum atomic E-state index is -0.661. The predicted octanol–water partition coefficient (Wildman–Crippen LogP) is 4.16. The minimum absolute atomic E-state index is 0.139. The van der Waals surface area contributed by atoms with Crippen molar-refractivity contribution in [1.29, 1.82) is 0 Å². The molecular weight excluding hydrogens is 491 g/mol. The van der Waals surface area contributed by atoms with Crippen molar-refractivity contribution in [2.45, 2.75) is 76.2 Å². The lowest BCUT2D eigenvalue weighted by Crippen LogP contribution is -2.54. The van der Waals surface area contributed by atoms with Gasteiger partial charge in [-0.15, -0.1) is 11.8 Å². The molecule has 0 bridgehead atoms. The first-order valence-electron chi connectivity index (χ1n) is 13.0. The molecule has 37 heavy (non-hydrogen) atoms. The highest BCUT2D eigenvalue weighted by Gasteiger charge is 2.36. The third kappa shape index (κ3) is 4.93. The molecule has 1 aliphatic carbocycles. The number of hydrogen-bond donors (Lipinski definition) is 2. The normalized spacial score (nSPS) is 21.6. The number of likely N-dealkylation sites (tertiary alicyclic amines) is 1. The van der Waals surface area contributed by atoms with E-state index in [0.29, 0.717) is 36.2 Å². The molecule has 3 aromatic rings. The molecule has 1 aliphatic heterocycles. The summed E-state index contributed by atoms with van der Waals surface area (Å²) in [5.74, 6) is 0.215. The predicted molar refractivity (Wildman–Crippen MR) is 144 cm³/mol. The molecule has 8 nitrogen and oxygen atoms in total. The van der Waals surface area contributed by atoms with Crippen LogP contribution in [-0.4, -0.2) is 61.9 Å². The summed E-state index contributed by atoms with van der Waals surface area (Å²) in [6.07, 6.45) is 8.77. The van der Waals surface area contributed by atoms with E-state index in [2.05, 4.69) is 36.7 Å². The van der Waals surface area contributed by atoms with Crippen LogP contribution < -0.4 is 10.9 Å². The maximum atomic E-state index is 13.5. The first kappa shape index (κ1) is 25.9. The third-order valence-electron chi connectivity index (χ3n) is 8.23. The molecule has 2 fully saturated rings. The van der Waals surface area contributed by atoms with Gasteiger partial charge in [-0.3, -0.25) is 14.5 Å². The first-order valence-corrected chi connectivity index (χ1v) is 14.2. The summed E-state index contributed by atoms with van der Waals surface area (Å²) in [7, 11) is 0. The maximum absolute atomic E-state index is 13.5. The molecule has 3 aromatic heterocycles. The third-order valence-corrected chi connectivity index (χ3v) is 9.03. The summed E-state index contributed by atoms with van der Waals surface area (Å²) in [4.78, 5) is 40.8. The fourth-order valence-corrected chi connectivity index (χ4v) is 6.86. The van der Waals surface area contributed by atoms with Gasteiger partial charge in [0.2, 0.25) is 0 Å². The number of H-pyrrole nitrogens is 1.